The second kappa shape index (κ2) is 6.74. The third kappa shape index (κ3) is 3.73. The van der Waals surface area contributed by atoms with E-state index in [0.29, 0.717) is 10.6 Å². The van der Waals surface area contributed by atoms with Crippen molar-refractivity contribution in [1.82, 2.24) is 5.32 Å². The summed E-state index contributed by atoms with van der Waals surface area (Å²) in [7, 11) is 1.25. The van der Waals surface area contributed by atoms with Gasteiger partial charge in [-0.25, -0.2) is 0 Å². The Hall–Kier alpha value is -2.15. The molecule has 1 N–H and O–H groups in total. The van der Waals surface area contributed by atoms with Crippen LogP contribution in [0.3, 0.4) is 0 Å². The summed E-state index contributed by atoms with van der Waals surface area (Å²) in [6, 6.07) is 5.27. The van der Waals surface area contributed by atoms with Gasteiger partial charge in [-0.2, -0.15) is 0 Å². The van der Waals surface area contributed by atoms with Crippen LogP contribution in [0.15, 0.2) is 24.3 Å². The largest absolute Gasteiger partial charge is 0.469 e. The van der Waals surface area contributed by atoms with E-state index in [1.165, 1.54) is 7.11 Å². The van der Waals surface area contributed by atoms with Gasteiger partial charge in [-0.05, 0) is 11.6 Å². The van der Waals surface area contributed by atoms with Crippen LogP contribution in [0.5, 0.6) is 0 Å². The second-order valence-corrected chi connectivity index (χ2v) is 5.47. The number of ether oxygens (including phenoxy) is 1. The monoisotopic (exact) mass is 326 g/mol. The summed E-state index contributed by atoms with van der Waals surface area (Å²) in [6.07, 6.45) is 0.119. The van der Waals surface area contributed by atoms with Crippen molar-refractivity contribution in [2.75, 3.05) is 7.11 Å². The van der Waals surface area contributed by atoms with E-state index in [1.54, 1.807) is 24.3 Å². The lowest BCUT2D eigenvalue weighted by Gasteiger charge is -2.19. The molecule has 1 aliphatic carbocycles. The highest BCUT2D eigenvalue weighted by atomic mass is 35.5. The van der Waals surface area contributed by atoms with Crippen molar-refractivity contribution >= 4 is 23.5 Å². The molecule has 22 heavy (non-hydrogen) atoms. The molecule has 0 saturated heterocycles. The SMILES string of the molecule is COC(=O)C[C@H](NC(=O)[C@@H]1C[C@H]1[N+](=O)[O-])c1ccccc1Cl. The number of nitro groups is 1. The number of esters is 1. The summed E-state index contributed by atoms with van der Waals surface area (Å²) >= 11 is 6.09. The van der Waals surface area contributed by atoms with Gasteiger partial charge in [0.2, 0.25) is 11.9 Å². The first-order chi connectivity index (χ1) is 10.4. The smallest absolute Gasteiger partial charge is 0.307 e. The van der Waals surface area contributed by atoms with Gasteiger partial charge in [0.15, 0.2) is 0 Å². The van der Waals surface area contributed by atoms with Crippen LogP contribution in [-0.4, -0.2) is 30.0 Å². The lowest BCUT2D eigenvalue weighted by Crippen LogP contribution is -2.33. The predicted octanol–water partition coefficient (Wildman–Crippen LogP) is 1.73. The van der Waals surface area contributed by atoms with Crippen molar-refractivity contribution in [3.63, 3.8) is 0 Å². The Balaban J connectivity index is 2.12. The highest BCUT2D eigenvalue weighted by Crippen LogP contribution is 2.34. The van der Waals surface area contributed by atoms with Crippen LogP contribution >= 0.6 is 11.6 Å². The molecule has 0 radical (unpaired) electrons. The van der Waals surface area contributed by atoms with Gasteiger partial charge in [-0.1, -0.05) is 29.8 Å². The molecule has 0 spiro atoms. The molecule has 1 aliphatic rings. The molecule has 118 valence electrons. The quantitative estimate of drug-likeness (QED) is 0.487. The molecule has 0 heterocycles. The molecular formula is C14H15ClN2O5. The first-order valence-corrected chi connectivity index (χ1v) is 7.07. The van der Waals surface area contributed by atoms with E-state index < -0.39 is 34.8 Å². The van der Waals surface area contributed by atoms with E-state index in [1.807, 2.05) is 0 Å². The van der Waals surface area contributed by atoms with E-state index in [2.05, 4.69) is 10.1 Å². The highest BCUT2D eigenvalue weighted by Gasteiger charge is 2.53. The van der Waals surface area contributed by atoms with Crippen LogP contribution in [-0.2, 0) is 14.3 Å². The summed E-state index contributed by atoms with van der Waals surface area (Å²) in [5.41, 5.74) is 0.571. The fourth-order valence-electron chi connectivity index (χ4n) is 2.22. The third-order valence-electron chi connectivity index (χ3n) is 3.56. The number of halogens is 1. The minimum Gasteiger partial charge on any atom is -0.469 e. The molecule has 1 amide bonds. The summed E-state index contributed by atoms with van der Waals surface area (Å²) in [4.78, 5) is 33.8. The number of amides is 1. The van der Waals surface area contributed by atoms with Crippen molar-refractivity contribution in [2.24, 2.45) is 5.92 Å². The van der Waals surface area contributed by atoms with Crippen molar-refractivity contribution in [2.45, 2.75) is 24.9 Å². The van der Waals surface area contributed by atoms with Gasteiger partial charge >= 0.3 is 5.97 Å². The number of carbonyl (C=O) groups is 2. The van der Waals surface area contributed by atoms with Gasteiger partial charge in [-0.15, -0.1) is 0 Å². The van der Waals surface area contributed by atoms with Crippen molar-refractivity contribution in [1.29, 1.82) is 0 Å². The molecule has 0 aromatic heterocycles. The lowest BCUT2D eigenvalue weighted by atomic mass is 10.0. The molecule has 1 aromatic carbocycles. The average molecular weight is 327 g/mol. The van der Waals surface area contributed by atoms with Gasteiger partial charge in [0.25, 0.3) is 0 Å². The molecule has 0 bridgehead atoms. The van der Waals surface area contributed by atoms with Crippen LogP contribution in [0.2, 0.25) is 5.02 Å². The van der Waals surface area contributed by atoms with Crippen molar-refractivity contribution in [3.05, 3.63) is 45.0 Å². The van der Waals surface area contributed by atoms with E-state index in [9.17, 15) is 19.7 Å². The molecule has 7 nitrogen and oxygen atoms in total. The molecule has 1 aromatic rings. The Bertz CT molecular complexity index is 607. The first kappa shape index (κ1) is 16.2. The Labute approximate surface area is 131 Å². The van der Waals surface area contributed by atoms with Crippen molar-refractivity contribution in [3.8, 4) is 0 Å². The summed E-state index contributed by atoms with van der Waals surface area (Å²) in [5.74, 6) is -1.61. The standard InChI is InChI=1S/C14H15ClN2O5/c1-22-13(18)7-11(8-4-2-3-5-10(8)15)16-14(19)9-6-12(9)17(20)21/h2-5,9,11-12H,6-7H2,1H3,(H,16,19)/t9-,11+,12-/m1/s1. The molecule has 0 aliphatic heterocycles. The molecule has 8 heteroatoms. The van der Waals surface area contributed by atoms with Crippen LogP contribution in [0.25, 0.3) is 0 Å². The number of nitrogens with zero attached hydrogens (tertiary/aromatic N) is 1. The zero-order chi connectivity index (χ0) is 16.3. The van der Waals surface area contributed by atoms with Gasteiger partial charge in [0.05, 0.1) is 19.6 Å². The van der Waals surface area contributed by atoms with Crippen LogP contribution < -0.4 is 5.32 Å². The summed E-state index contributed by atoms with van der Waals surface area (Å²) in [5, 5.41) is 13.7. The Kier molecular flexibility index (Phi) is 4.97. The Morgan fingerprint density at radius 2 is 2.18 bits per heavy atom. The number of hydrogen-bond donors (Lipinski definition) is 1. The summed E-state index contributed by atoms with van der Waals surface area (Å²) < 4.78 is 4.62. The topological polar surface area (TPSA) is 98.5 Å². The lowest BCUT2D eigenvalue weighted by molar-refractivity contribution is -0.497. The van der Waals surface area contributed by atoms with E-state index in [0.717, 1.165) is 0 Å². The Morgan fingerprint density at radius 3 is 2.73 bits per heavy atom. The fourth-order valence-corrected chi connectivity index (χ4v) is 2.49. The summed E-state index contributed by atoms with van der Waals surface area (Å²) in [6.45, 7) is 0. The third-order valence-corrected chi connectivity index (χ3v) is 3.90. The minimum atomic E-state index is -0.843. The molecule has 1 saturated carbocycles. The Morgan fingerprint density at radius 1 is 1.50 bits per heavy atom. The molecular weight excluding hydrogens is 312 g/mol. The molecule has 1 fully saturated rings. The highest BCUT2D eigenvalue weighted by molar-refractivity contribution is 6.31. The fraction of sp³-hybridized carbons (Fsp3) is 0.429. The second-order valence-electron chi connectivity index (χ2n) is 5.06. The maximum Gasteiger partial charge on any atom is 0.307 e. The van der Waals surface area contributed by atoms with Gasteiger partial charge < -0.3 is 10.1 Å². The average Bonchev–Trinajstić information content (AvgIpc) is 3.27. The molecule has 0 unspecified atom stereocenters. The van der Waals surface area contributed by atoms with Gasteiger partial charge in [0, 0.05) is 16.4 Å². The zero-order valence-corrected chi connectivity index (χ0v) is 12.6. The zero-order valence-electron chi connectivity index (χ0n) is 11.8. The first-order valence-electron chi connectivity index (χ1n) is 6.69. The van der Waals surface area contributed by atoms with Crippen LogP contribution in [0, 0.1) is 16.0 Å². The normalized spacial score (nSPS) is 20.8. The minimum absolute atomic E-state index is 0.0954. The number of nitrogens with one attached hydrogen (secondary N) is 1. The number of hydrogen-bond acceptors (Lipinski definition) is 5. The number of carbonyl (C=O) groups excluding carboxylic acids is 2. The maximum atomic E-state index is 12.1. The van der Waals surface area contributed by atoms with E-state index in [4.69, 9.17) is 11.6 Å². The molecule has 2 rings (SSSR count). The number of benzene rings is 1. The van der Waals surface area contributed by atoms with Gasteiger partial charge in [-0.3, -0.25) is 19.7 Å². The van der Waals surface area contributed by atoms with Crippen LogP contribution in [0.4, 0.5) is 0 Å². The predicted molar refractivity (Wildman–Crippen MR) is 77.9 cm³/mol. The van der Waals surface area contributed by atoms with Gasteiger partial charge in [0.1, 0.15) is 5.92 Å². The maximum absolute atomic E-state index is 12.1. The van der Waals surface area contributed by atoms with E-state index in [-0.39, 0.29) is 12.8 Å². The number of methoxy groups -OCH3 is 1. The molecule has 3 atom stereocenters. The number of rotatable bonds is 6. The van der Waals surface area contributed by atoms with E-state index >= 15 is 0 Å². The van der Waals surface area contributed by atoms with Crippen molar-refractivity contribution < 1.29 is 19.2 Å². The van der Waals surface area contributed by atoms with Crippen LogP contribution in [0.1, 0.15) is 24.4 Å².